The van der Waals surface area contributed by atoms with Crippen LogP contribution in [0.1, 0.15) is 41.1 Å². The lowest BCUT2D eigenvalue weighted by atomic mass is 10.1. The second-order valence-corrected chi connectivity index (χ2v) is 11.6. The minimum absolute atomic E-state index is 0.0293. The lowest BCUT2D eigenvalue weighted by molar-refractivity contribution is -0.114. The molecule has 1 aliphatic rings. The summed E-state index contributed by atoms with van der Waals surface area (Å²) in [4.78, 5) is 27.0. The molecular formula is C26H27ClN2O6S2. The molecule has 3 aromatic rings. The highest BCUT2D eigenvalue weighted by molar-refractivity contribution is 7.92. The van der Waals surface area contributed by atoms with Crippen molar-refractivity contribution in [2.45, 2.75) is 38.0 Å². The van der Waals surface area contributed by atoms with Crippen LogP contribution in [0.15, 0.2) is 53.4 Å². The lowest BCUT2D eigenvalue weighted by Crippen LogP contribution is -2.38. The standard InChI is InChI=1S/C26H27ClN2O6S2/c1-3-34-21-10-6-5-9-20(21)29(37(32,33)18-14-12-17(27)13-15-18)16-23(30)28-25-24(26(31)35-4-2)19-8-7-11-22(19)36-25/h5-6,9-10,12-15H,3-4,7-8,11,16H2,1-2H3,(H,28,30). The molecule has 11 heteroatoms. The van der Waals surface area contributed by atoms with E-state index < -0.39 is 28.4 Å². The summed E-state index contributed by atoms with van der Waals surface area (Å²) in [7, 11) is -4.18. The Morgan fingerprint density at radius 1 is 1.05 bits per heavy atom. The summed E-state index contributed by atoms with van der Waals surface area (Å²) in [5.41, 5.74) is 1.47. The molecule has 0 bridgehead atoms. The zero-order chi connectivity index (χ0) is 26.6. The number of aryl methyl sites for hydroxylation is 1. The van der Waals surface area contributed by atoms with E-state index in [4.69, 9.17) is 21.1 Å². The number of rotatable bonds is 10. The average Bonchev–Trinajstić information content (AvgIpc) is 3.44. The number of carbonyl (C=O) groups is 2. The topological polar surface area (TPSA) is 102 Å². The molecule has 0 saturated heterocycles. The van der Waals surface area contributed by atoms with E-state index in [9.17, 15) is 18.0 Å². The fourth-order valence-corrected chi connectivity index (χ4v) is 7.03. The number of hydrogen-bond donors (Lipinski definition) is 1. The number of sulfonamides is 1. The van der Waals surface area contributed by atoms with Crippen LogP contribution >= 0.6 is 22.9 Å². The number of carbonyl (C=O) groups excluding carboxylic acids is 2. The number of amides is 1. The van der Waals surface area contributed by atoms with Crippen molar-refractivity contribution >= 4 is 55.5 Å². The van der Waals surface area contributed by atoms with Gasteiger partial charge in [0.25, 0.3) is 10.0 Å². The monoisotopic (exact) mass is 562 g/mol. The Morgan fingerprint density at radius 2 is 1.78 bits per heavy atom. The molecule has 1 aromatic heterocycles. The number of benzene rings is 2. The number of ether oxygens (including phenoxy) is 2. The number of nitrogens with zero attached hydrogens (tertiary/aromatic N) is 1. The van der Waals surface area contributed by atoms with Gasteiger partial charge in [0.1, 0.15) is 17.3 Å². The van der Waals surface area contributed by atoms with Crippen LogP contribution in [-0.4, -0.2) is 40.1 Å². The Morgan fingerprint density at radius 3 is 2.49 bits per heavy atom. The van der Waals surface area contributed by atoms with Crippen molar-refractivity contribution in [2.24, 2.45) is 0 Å². The molecule has 0 fully saturated rings. The van der Waals surface area contributed by atoms with Crippen LogP contribution in [0.3, 0.4) is 0 Å². The fraction of sp³-hybridized carbons (Fsp3) is 0.308. The molecule has 1 aliphatic carbocycles. The van der Waals surface area contributed by atoms with Crippen molar-refractivity contribution < 1.29 is 27.5 Å². The second kappa shape index (κ2) is 11.5. The number of hydrogen-bond acceptors (Lipinski definition) is 7. The predicted octanol–water partition coefficient (Wildman–Crippen LogP) is 5.30. The third kappa shape index (κ3) is 5.76. The van der Waals surface area contributed by atoms with E-state index in [0.29, 0.717) is 27.9 Å². The molecule has 0 atom stereocenters. The summed E-state index contributed by atoms with van der Waals surface area (Å²) < 4.78 is 39.4. The molecule has 196 valence electrons. The zero-order valence-corrected chi connectivity index (χ0v) is 22.8. The van der Waals surface area contributed by atoms with Gasteiger partial charge in [0.15, 0.2) is 0 Å². The first-order valence-electron chi connectivity index (χ1n) is 11.9. The third-order valence-electron chi connectivity index (χ3n) is 5.78. The van der Waals surface area contributed by atoms with Crippen molar-refractivity contribution in [2.75, 3.05) is 29.4 Å². The predicted molar refractivity (Wildman–Crippen MR) is 145 cm³/mol. The quantitative estimate of drug-likeness (QED) is 0.336. The highest BCUT2D eigenvalue weighted by Gasteiger charge is 2.32. The Kier molecular flexibility index (Phi) is 8.41. The molecule has 8 nitrogen and oxygen atoms in total. The van der Waals surface area contributed by atoms with Gasteiger partial charge in [-0.25, -0.2) is 13.2 Å². The minimum atomic E-state index is -4.18. The van der Waals surface area contributed by atoms with Gasteiger partial charge >= 0.3 is 5.97 Å². The molecule has 1 amide bonds. The summed E-state index contributed by atoms with van der Waals surface area (Å²) in [6.45, 7) is 3.48. The smallest absolute Gasteiger partial charge is 0.341 e. The van der Waals surface area contributed by atoms with Crippen LogP contribution in [0.2, 0.25) is 5.02 Å². The van der Waals surface area contributed by atoms with Gasteiger partial charge in [0.05, 0.1) is 29.4 Å². The van der Waals surface area contributed by atoms with E-state index in [2.05, 4.69) is 5.32 Å². The van der Waals surface area contributed by atoms with Crippen LogP contribution < -0.4 is 14.4 Å². The van der Waals surface area contributed by atoms with Crippen molar-refractivity contribution in [3.8, 4) is 5.75 Å². The summed E-state index contributed by atoms with van der Waals surface area (Å²) in [6.07, 6.45) is 2.48. The first-order valence-corrected chi connectivity index (χ1v) is 14.5. The van der Waals surface area contributed by atoms with Gasteiger partial charge in [-0.3, -0.25) is 9.10 Å². The van der Waals surface area contributed by atoms with Crippen molar-refractivity contribution in [3.63, 3.8) is 0 Å². The maximum Gasteiger partial charge on any atom is 0.341 e. The summed E-state index contributed by atoms with van der Waals surface area (Å²) in [6, 6.07) is 12.3. The van der Waals surface area contributed by atoms with Gasteiger partial charge in [0, 0.05) is 9.90 Å². The number of thiophene rings is 1. The van der Waals surface area contributed by atoms with Crippen molar-refractivity contribution in [3.05, 3.63) is 69.6 Å². The Bertz CT molecular complexity index is 1400. The third-order valence-corrected chi connectivity index (χ3v) is 9.01. The van der Waals surface area contributed by atoms with E-state index >= 15 is 0 Å². The Balaban J connectivity index is 1.70. The first-order chi connectivity index (χ1) is 17.8. The summed E-state index contributed by atoms with van der Waals surface area (Å²) in [5.74, 6) is -0.781. The number of nitrogens with one attached hydrogen (secondary N) is 1. The maximum atomic E-state index is 13.7. The van der Waals surface area contributed by atoms with Crippen LogP contribution in [0, 0.1) is 0 Å². The number of halogens is 1. The molecule has 1 N–H and O–H groups in total. The highest BCUT2D eigenvalue weighted by atomic mass is 35.5. The van der Waals surface area contributed by atoms with Gasteiger partial charge in [-0.15, -0.1) is 11.3 Å². The number of esters is 1. The molecule has 1 heterocycles. The highest BCUT2D eigenvalue weighted by Crippen LogP contribution is 2.40. The van der Waals surface area contributed by atoms with Crippen LogP contribution in [0.25, 0.3) is 0 Å². The second-order valence-electron chi connectivity index (χ2n) is 8.20. The average molecular weight is 563 g/mol. The van der Waals surface area contributed by atoms with Gasteiger partial charge < -0.3 is 14.8 Å². The Labute approximate surface area is 225 Å². The molecule has 0 aliphatic heterocycles. The van der Waals surface area contributed by atoms with E-state index in [-0.39, 0.29) is 17.2 Å². The van der Waals surface area contributed by atoms with E-state index in [1.165, 1.54) is 35.6 Å². The molecule has 0 radical (unpaired) electrons. The molecule has 4 rings (SSSR count). The largest absolute Gasteiger partial charge is 0.492 e. The lowest BCUT2D eigenvalue weighted by Gasteiger charge is -2.26. The number of para-hydroxylation sites is 2. The van der Waals surface area contributed by atoms with Gasteiger partial charge in [0.2, 0.25) is 5.91 Å². The minimum Gasteiger partial charge on any atom is -0.492 e. The molecule has 0 spiro atoms. The summed E-state index contributed by atoms with van der Waals surface area (Å²) >= 11 is 7.30. The fourth-order valence-electron chi connectivity index (χ4n) is 4.18. The van der Waals surface area contributed by atoms with Crippen LogP contribution in [0.5, 0.6) is 5.75 Å². The molecular weight excluding hydrogens is 536 g/mol. The van der Waals surface area contributed by atoms with Crippen molar-refractivity contribution in [1.82, 2.24) is 0 Å². The van der Waals surface area contributed by atoms with E-state index in [1.54, 1.807) is 38.1 Å². The van der Waals surface area contributed by atoms with Crippen LogP contribution in [0.4, 0.5) is 10.7 Å². The van der Waals surface area contributed by atoms with Gasteiger partial charge in [-0.05, 0) is 75.1 Å². The van der Waals surface area contributed by atoms with Crippen LogP contribution in [-0.2, 0) is 32.4 Å². The Hall–Kier alpha value is -3.08. The summed E-state index contributed by atoms with van der Waals surface area (Å²) in [5, 5.41) is 3.53. The molecule has 37 heavy (non-hydrogen) atoms. The number of fused-ring (bicyclic) bond motifs is 1. The van der Waals surface area contributed by atoms with E-state index in [1.807, 2.05) is 0 Å². The molecule has 0 unspecified atom stereocenters. The first kappa shape index (κ1) is 27.0. The maximum absolute atomic E-state index is 13.7. The number of anilines is 2. The van der Waals surface area contributed by atoms with Crippen molar-refractivity contribution in [1.29, 1.82) is 0 Å². The van der Waals surface area contributed by atoms with Gasteiger partial charge in [-0.2, -0.15) is 0 Å². The van der Waals surface area contributed by atoms with E-state index in [0.717, 1.165) is 34.0 Å². The van der Waals surface area contributed by atoms with Gasteiger partial charge in [-0.1, -0.05) is 23.7 Å². The molecule has 0 saturated carbocycles. The SMILES string of the molecule is CCOC(=O)c1c(NC(=O)CN(c2ccccc2OCC)S(=O)(=O)c2ccc(Cl)cc2)sc2c1CCC2. The zero-order valence-electron chi connectivity index (χ0n) is 20.5. The molecule has 2 aromatic carbocycles. The normalized spacial score (nSPS) is 12.6.